The van der Waals surface area contributed by atoms with Gasteiger partial charge < -0.3 is 0 Å². The van der Waals surface area contributed by atoms with Crippen LogP contribution in [0.4, 0.5) is 0 Å². The second kappa shape index (κ2) is 27.5. The van der Waals surface area contributed by atoms with Gasteiger partial charge in [0.05, 0.1) is 3.79 Å². The zero-order chi connectivity index (χ0) is 26.8. The van der Waals surface area contributed by atoms with Gasteiger partial charge in [-0.15, -0.1) is 22.7 Å². The summed E-state index contributed by atoms with van der Waals surface area (Å²) in [5.41, 5.74) is 0. The molecule has 2 aromatic heterocycles. The maximum atomic E-state index is 6.00. The smallest absolute Gasteiger partial charge is 0.149 e. The summed E-state index contributed by atoms with van der Waals surface area (Å²) in [5, 5.41) is 14.1. The van der Waals surface area contributed by atoms with Gasteiger partial charge in [-0.05, 0) is 59.3 Å². The molecule has 2 heterocycles. The third kappa shape index (κ3) is 34.5. The van der Waals surface area contributed by atoms with Crippen molar-refractivity contribution in [3.8, 4) is 0 Å². The summed E-state index contributed by atoms with van der Waals surface area (Å²) in [6, 6.07) is 8.59. The van der Waals surface area contributed by atoms with E-state index in [1.807, 2.05) is 11.3 Å². The zero-order valence-electron chi connectivity index (χ0n) is 21.1. The molecule has 2 nitrogen and oxygen atoms in total. The van der Waals surface area contributed by atoms with Crippen LogP contribution >= 0.6 is 85.0 Å². The highest BCUT2D eigenvalue weighted by Crippen LogP contribution is 2.29. The molecule has 0 aliphatic rings. The summed E-state index contributed by atoms with van der Waals surface area (Å²) in [6.45, 7) is 4.39. The van der Waals surface area contributed by atoms with Gasteiger partial charge >= 0.3 is 0 Å². The van der Waals surface area contributed by atoms with Crippen LogP contribution in [-0.4, -0.2) is 3.25 Å². The molecule has 0 atom stereocenters. The number of hydrogen-bond acceptors (Lipinski definition) is 4. The molecule has 0 fully saturated rings. The van der Waals surface area contributed by atoms with Crippen LogP contribution in [-0.2, 0) is 6.42 Å². The lowest BCUT2D eigenvalue weighted by atomic mass is 10.0. The third-order valence-corrected chi connectivity index (χ3v) is 7.55. The molecular formula is C26H41BrCl4N2S2. The normalized spacial score (nSPS) is 10.3. The molecule has 0 unspecified atom stereocenters. The van der Waals surface area contributed by atoms with Gasteiger partial charge in [0.1, 0.15) is 0 Å². The SMILES string of the molecule is CCCCCCCCCCCCCCCCc1ccc(Br)s1.Cc1cccs1.ClC(Cl)(Cl)Cl.N#N. The van der Waals surface area contributed by atoms with Crippen molar-refractivity contribution in [3.05, 3.63) is 43.2 Å². The van der Waals surface area contributed by atoms with Gasteiger partial charge in [-0.1, -0.05) is 143 Å². The Morgan fingerprint density at radius 2 is 1.17 bits per heavy atom. The highest BCUT2D eigenvalue weighted by molar-refractivity contribution is 9.11. The summed E-state index contributed by atoms with van der Waals surface area (Å²) < 4.78 is -0.340. The van der Waals surface area contributed by atoms with Crippen molar-refractivity contribution in [2.24, 2.45) is 0 Å². The van der Waals surface area contributed by atoms with Crippen LogP contribution in [0.5, 0.6) is 0 Å². The van der Waals surface area contributed by atoms with Crippen LogP contribution < -0.4 is 0 Å². The zero-order valence-corrected chi connectivity index (χ0v) is 27.3. The first-order valence-corrected chi connectivity index (χ1v) is 16.4. The average Bonchev–Trinajstić information content (AvgIpc) is 3.45. The molecule has 0 N–H and O–H groups in total. The van der Waals surface area contributed by atoms with E-state index in [0.29, 0.717) is 0 Å². The number of halogens is 5. The Morgan fingerprint density at radius 1 is 0.743 bits per heavy atom. The van der Waals surface area contributed by atoms with E-state index in [1.165, 1.54) is 110 Å². The average molecular weight is 667 g/mol. The van der Waals surface area contributed by atoms with E-state index < -0.39 is 3.25 Å². The minimum atomic E-state index is -1.61. The molecule has 0 aliphatic carbocycles. The topological polar surface area (TPSA) is 47.6 Å². The van der Waals surface area contributed by atoms with Gasteiger partial charge in [0.2, 0.25) is 0 Å². The molecule has 0 amide bonds. The molecule has 9 heteroatoms. The van der Waals surface area contributed by atoms with Gasteiger partial charge in [-0.2, -0.15) is 0 Å². The van der Waals surface area contributed by atoms with Crippen LogP contribution in [0, 0.1) is 17.7 Å². The lowest BCUT2D eigenvalue weighted by Crippen LogP contribution is -1.84. The van der Waals surface area contributed by atoms with E-state index in [9.17, 15) is 0 Å². The summed E-state index contributed by atoms with van der Waals surface area (Å²) in [5.74, 6) is 0. The van der Waals surface area contributed by atoms with Crippen molar-refractivity contribution in [3.63, 3.8) is 0 Å². The van der Waals surface area contributed by atoms with E-state index in [4.69, 9.17) is 57.2 Å². The standard InChI is InChI=1S/C20H35BrS.C5H6S.CCl4.N2/c1-2-3-4-5-6-7-8-9-10-11-12-13-14-15-16-19-17-18-20(21)22-19;1-5-3-2-4-6-5;2-1(3,4)5;1-2/h17-18H,2-16H2,1H3;2-4H,1H3;;. The fourth-order valence-corrected chi connectivity index (χ4v) is 5.39. The summed E-state index contributed by atoms with van der Waals surface area (Å²) in [4.78, 5) is 2.92. The van der Waals surface area contributed by atoms with Crippen LogP contribution in [0.1, 0.15) is 107 Å². The van der Waals surface area contributed by atoms with Crippen LogP contribution in [0.15, 0.2) is 33.4 Å². The van der Waals surface area contributed by atoms with Crippen molar-refractivity contribution >= 4 is 85.0 Å². The maximum Gasteiger partial charge on any atom is 0.266 e. The highest BCUT2D eigenvalue weighted by Gasteiger charge is 2.11. The van der Waals surface area contributed by atoms with Crippen LogP contribution in [0.3, 0.4) is 0 Å². The second-order valence-corrected chi connectivity index (χ2v) is 15.3. The number of unbranched alkanes of at least 4 members (excludes halogenated alkanes) is 13. The predicted molar refractivity (Wildman–Crippen MR) is 165 cm³/mol. The van der Waals surface area contributed by atoms with Crippen molar-refractivity contribution in [2.75, 3.05) is 0 Å². The Morgan fingerprint density at radius 3 is 1.46 bits per heavy atom. The highest BCUT2D eigenvalue weighted by atomic mass is 79.9. The number of alkyl halides is 4. The molecular weight excluding hydrogens is 626 g/mol. The molecule has 0 saturated carbocycles. The molecule has 0 spiro atoms. The number of hydrogen-bond donors (Lipinski definition) is 0. The Balaban J connectivity index is 0. The van der Waals surface area contributed by atoms with Crippen molar-refractivity contribution < 1.29 is 0 Å². The Kier molecular flexibility index (Phi) is 29.5. The van der Waals surface area contributed by atoms with Crippen LogP contribution in [0.25, 0.3) is 0 Å². The fraction of sp³-hybridized carbons (Fsp3) is 0.692. The molecule has 35 heavy (non-hydrogen) atoms. The fourth-order valence-electron chi connectivity index (χ4n) is 3.34. The first-order chi connectivity index (χ1) is 16.7. The van der Waals surface area contributed by atoms with Crippen molar-refractivity contribution in [2.45, 2.75) is 113 Å². The van der Waals surface area contributed by atoms with Gasteiger partial charge in [0.25, 0.3) is 3.25 Å². The Hall–Kier alpha value is 0.460. The molecule has 0 aromatic carbocycles. The summed E-state index contributed by atoms with van der Waals surface area (Å²) in [7, 11) is 0. The number of rotatable bonds is 15. The molecule has 0 saturated heterocycles. The van der Waals surface area contributed by atoms with Gasteiger partial charge in [-0.3, -0.25) is 0 Å². The number of nitrogens with zero attached hydrogens (tertiary/aromatic N) is 2. The van der Waals surface area contributed by atoms with Crippen molar-refractivity contribution in [1.29, 1.82) is 10.8 Å². The van der Waals surface area contributed by atoms with Gasteiger partial charge in [-0.25, -0.2) is 0 Å². The second-order valence-electron chi connectivity index (χ2n) is 8.20. The monoisotopic (exact) mass is 664 g/mol. The summed E-state index contributed by atoms with van der Waals surface area (Å²) in [6.07, 6.45) is 21.5. The summed E-state index contributed by atoms with van der Waals surface area (Å²) >= 11 is 26.5. The quantitative estimate of drug-likeness (QED) is 0.108. The Labute approximate surface area is 250 Å². The Bertz CT molecular complexity index is 683. The molecule has 0 aliphatic heterocycles. The van der Waals surface area contributed by atoms with Crippen molar-refractivity contribution in [1.82, 2.24) is 0 Å². The largest absolute Gasteiger partial charge is 0.266 e. The van der Waals surface area contributed by atoms with Gasteiger partial charge in [0.15, 0.2) is 0 Å². The number of aryl methyl sites for hydroxylation is 2. The minimum absolute atomic E-state index is 1.27. The van der Waals surface area contributed by atoms with E-state index in [-0.39, 0.29) is 0 Å². The van der Waals surface area contributed by atoms with E-state index in [0.717, 1.165) is 0 Å². The van der Waals surface area contributed by atoms with E-state index in [2.05, 4.69) is 59.4 Å². The molecule has 202 valence electrons. The minimum Gasteiger partial charge on any atom is -0.149 e. The van der Waals surface area contributed by atoms with E-state index >= 15 is 0 Å². The molecule has 2 rings (SSSR count). The first kappa shape index (κ1) is 37.6. The maximum absolute atomic E-state index is 6.00. The van der Waals surface area contributed by atoms with Crippen LogP contribution in [0.2, 0.25) is 0 Å². The lowest BCUT2D eigenvalue weighted by molar-refractivity contribution is 0.536. The van der Waals surface area contributed by atoms with E-state index in [1.54, 1.807) is 11.3 Å². The first-order valence-electron chi connectivity index (χ1n) is 12.4. The third-order valence-electron chi connectivity index (χ3n) is 5.07. The molecule has 2 aromatic rings. The molecule has 0 bridgehead atoms. The predicted octanol–water partition coefficient (Wildman–Crippen LogP) is 13.2. The lowest BCUT2D eigenvalue weighted by Gasteiger charge is -2.03. The number of thiophene rings is 2. The molecule has 0 radical (unpaired) electrons. The van der Waals surface area contributed by atoms with Gasteiger partial charge in [0, 0.05) is 20.5 Å².